The summed E-state index contributed by atoms with van der Waals surface area (Å²) in [6.07, 6.45) is 1.33. The van der Waals surface area contributed by atoms with E-state index in [4.69, 9.17) is 0 Å². The summed E-state index contributed by atoms with van der Waals surface area (Å²) in [5.41, 5.74) is 0.832. The minimum absolute atomic E-state index is 0.235. The zero-order valence-electron chi connectivity index (χ0n) is 10.3. The summed E-state index contributed by atoms with van der Waals surface area (Å²) in [5, 5.41) is 2.96. The van der Waals surface area contributed by atoms with Crippen LogP contribution in [-0.2, 0) is 6.42 Å². The van der Waals surface area contributed by atoms with Crippen LogP contribution in [0.15, 0.2) is 36.5 Å². The van der Waals surface area contributed by atoms with E-state index in [1.54, 1.807) is 7.05 Å². The van der Waals surface area contributed by atoms with E-state index >= 15 is 0 Å². The van der Waals surface area contributed by atoms with Crippen LogP contribution in [0.2, 0.25) is 0 Å². The normalized spacial score (nSPS) is 12.4. The van der Waals surface area contributed by atoms with Gasteiger partial charge in [-0.1, -0.05) is 12.1 Å². The number of hydrogen-bond donors (Lipinski definition) is 1. The molecule has 0 aliphatic carbocycles. The molecule has 0 radical (unpaired) electrons. The van der Waals surface area contributed by atoms with Crippen LogP contribution in [0.3, 0.4) is 0 Å². The van der Waals surface area contributed by atoms with Gasteiger partial charge < -0.3 is 5.32 Å². The Kier molecular flexibility index (Phi) is 4.16. The van der Waals surface area contributed by atoms with Crippen molar-refractivity contribution in [1.29, 1.82) is 0 Å². The molecule has 0 bridgehead atoms. The fraction of sp³-hybridized carbons (Fsp3) is 0.214. The average Bonchev–Trinajstić information content (AvgIpc) is 2.42. The first kappa shape index (κ1) is 13.5. The second-order valence-electron chi connectivity index (χ2n) is 4.16. The SMILES string of the molecule is CNC(Cc1cccc(F)c1F)c1ccc(F)cn1. The number of pyridine rings is 1. The van der Waals surface area contributed by atoms with Gasteiger partial charge in [-0.15, -0.1) is 0 Å². The molecule has 0 amide bonds. The quantitative estimate of drug-likeness (QED) is 0.920. The number of rotatable bonds is 4. The average molecular weight is 266 g/mol. The number of benzene rings is 1. The van der Waals surface area contributed by atoms with Crippen LogP contribution in [0.5, 0.6) is 0 Å². The minimum atomic E-state index is -0.876. The smallest absolute Gasteiger partial charge is 0.162 e. The molecule has 1 N–H and O–H groups in total. The van der Waals surface area contributed by atoms with E-state index in [-0.39, 0.29) is 18.0 Å². The summed E-state index contributed by atoms with van der Waals surface area (Å²) in [4.78, 5) is 3.94. The zero-order valence-corrected chi connectivity index (χ0v) is 10.3. The Morgan fingerprint density at radius 3 is 2.58 bits per heavy atom. The third kappa shape index (κ3) is 3.12. The Hall–Kier alpha value is -1.88. The number of likely N-dealkylation sites (N-methyl/N-ethyl adjacent to an activating group) is 1. The van der Waals surface area contributed by atoms with E-state index in [1.807, 2.05) is 0 Å². The van der Waals surface area contributed by atoms with E-state index in [1.165, 1.54) is 24.3 Å². The maximum Gasteiger partial charge on any atom is 0.162 e. The molecule has 1 aromatic heterocycles. The fourth-order valence-corrected chi connectivity index (χ4v) is 1.87. The Bertz CT molecular complexity index is 555. The monoisotopic (exact) mass is 266 g/mol. The van der Waals surface area contributed by atoms with Gasteiger partial charge in [-0.05, 0) is 37.2 Å². The Labute approximate surface area is 109 Å². The van der Waals surface area contributed by atoms with Crippen molar-refractivity contribution >= 4 is 0 Å². The third-order valence-electron chi connectivity index (χ3n) is 2.91. The predicted molar refractivity (Wildman–Crippen MR) is 66.1 cm³/mol. The molecule has 19 heavy (non-hydrogen) atoms. The maximum absolute atomic E-state index is 13.6. The molecule has 100 valence electrons. The molecule has 2 aromatic rings. The lowest BCUT2D eigenvalue weighted by atomic mass is 10.0. The van der Waals surface area contributed by atoms with E-state index in [9.17, 15) is 13.2 Å². The summed E-state index contributed by atoms with van der Waals surface area (Å²) in [6.45, 7) is 0. The summed E-state index contributed by atoms with van der Waals surface area (Å²) in [6, 6.07) is 6.55. The van der Waals surface area contributed by atoms with Gasteiger partial charge in [0.15, 0.2) is 11.6 Å². The maximum atomic E-state index is 13.6. The molecular weight excluding hydrogens is 253 g/mol. The largest absolute Gasteiger partial charge is 0.311 e. The van der Waals surface area contributed by atoms with Crippen molar-refractivity contribution in [3.63, 3.8) is 0 Å². The topological polar surface area (TPSA) is 24.9 Å². The zero-order chi connectivity index (χ0) is 13.8. The molecule has 5 heteroatoms. The summed E-state index contributed by atoms with van der Waals surface area (Å²) in [7, 11) is 1.69. The van der Waals surface area contributed by atoms with Gasteiger partial charge in [0.2, 0.25) is 0 Å². The molecule has 1 unspecified atom stereocenters. The van der Waals surface area contributed by atoms with E-state index < -0.39 is 17.5 Å². The van der Waals surface area contributed by atoms with Crippen LogP contribution < -0.4 is 5.32 Å². The highest BCUT2D eigenvalue weighted by atomic mass is 19.2. The van der Waals surface area contributed by atoms with Gasteiger partial charge >= 0.3 is 0 Å². The molecular formula is C14H13F3N2. The lowest BCUT2D eigenvalue weighted by Gasteiger charge is -2.16. The van der Waals surface area contributed by atoms with Crippen molar-refractivity contribution in [2.45, 2.75) is 12.5 Å². The van der Waals surface area contributed by atoms with Crippen molar-refractivity contribution in [2.75, 3.05) is 7.05 Å². The Morgan fingerprint density at radius 2 is 1.95 bits per heavy atom. The van der Waals surface area contributed by atoms with Crippen molar-refractivity contribution < 1.29 is 13.2 Å². The second kappa shape index (κ2) is 5.84. The summed E-state index contributed by atoms with van der Waals surface area (Å²) in [5.74, 6) is -2.17. The predicted octanol–water partition coefficient (Wildman–Crippen LogP) is 3.00. The van der Waals surface area contributed by atoms with Gasteiger partial charge in [-0.2, -0.15) is 0 Å². The van der Waals surface area contributed by atoms with Gasteiger partial charge in [0.05, 0.1) is 17.9 Å². The van der Waals surface area contributed by atoms with Crippen LogP contribution >= 0.6 is 0 Å². The molecule has 0 spiro atoms. The lowest BCUT2D eigenvalue weighted by molar-refractivity contribution is 0.484. The number of nitrogens with one attached hydrogen (secondary N) is 1. The Balaban J connectivity index is 2.24. The van der Waals surface area contributed by atoms with Crippen LogP contribution in [0.25, 0.3) is 0 Å². The molecule has 0 aliphatic heterocycles. The van der Waals surface area contributed by atoms with Gasteiger partial charge in [0.25, 0.3) is 0 Å². The molecule has 0 fully saturated rings. The van der Waals surface area contributed by atoms with E-state index in [0.717, 1.165) is 12.3 Å². The van der Waals surface area contributed by atoms with Crippen LogP contribution in [-0.4, -0.2) is 12.0 Å². The minimum Gasteiger partial charge on any atom is -0.311 e. The molecule has 1 heterocycles. The fourth-order valence-electron chi connectivity index (χ4n) is 1.87. The van der Waals surface area contributed by atoms with Gasteiger partial charge in [-0.25, -0.2) is 13.2 Å². The molecule has 0 saturated heterocycles. The molecule has 1 atom stereocenters. The molecule has 2 rings (SSSR count). The van der Waals surface area contributed by atoms with Crippen molar-refractivity contribution in [1.82, 2.24) is 10.3 Å². The van der Waals surface area contributed by atoms with Crippen LogP contribution in [0, 0.1) is 17.5 Å². The summed E-state index contributed by atoms with van der Waals surface area (Å²) < 4.78 is 39.5. The van der Waals surface area contributed by atoms with E-state index in [2.05, 4.69) is 10.3 Å². The third-order valence-corrected chi connectivity index (χ3v) is 2.91. The van der Waals surface area contributed by atoms with Crippen LogP contribution in [0.4, 0.5) is 13.2 Å². The van der Waals surface area contributed by atoms with Gasteiger partial charge in [0, 0.05) is 0 Å². The van der Waals surface area contributed by atoms with Crippen molar-refractivity contribution in [3.05, 3.63) is 65.2 Å². The Morgan fingerprint density at radius 1 is 1.16 bits per heavy atom. The highest BCUT2D eigenvalue weighted by molar-refractivity contribution is 5.22. The number of aromatic nitrogens is 1. The first-order valence-electron chi connectivity index (χ1n) is 5.83. The highest BCUT2D eigenvalue weighted by Crippen LogP contribution is 2.20. The van der Waals surface area contributed by atoms with Gasteiger partial charge in [-0.3, -0.25) is 4.98 Å². The first-order chi connectivity index (χ1) is 9.11. The molecule has 1 aromatic carbocycles. The molecule has 0 aliphatic rings. The molecule has 0 saturated carbocycles. The van der Waals surface area contributed by atoms with Crippen molar-refractivity contribution in [3.8, 4) is 0 Å². The van der Waals surface area contributed by atoms with Crippen molar-refractivity contribution in [2.24, 2.45) is 0 Å². The number of halogens is 3. The standard InChI is InChI=1S/C14H13F3N2/c1-18-13(12-6-5-10(15)8-19-12)7-9-3-2-4-11(16)14(9)17/h2-6,8,13,18H,7H2,1H3. The summed E-state index contributed by atoms with van der Waals surface area (Å²) >= 11 is 0. The first-order valence-corrected chi connectivity index (χ1v) is 5.83. The number of hydrogen-bond acceptors (Lipinski definition) is 2. The molecule has 2 nitrogen and oxygen atoms in total. The highest BCUT2D eigenvalue weighted by Gasteiger charge is 2.15. The van der Waals surface area contributed by atoms with E-state index in [0.29, 0.717) is 5.69 Å². The van der Waals surface area contributed by atoms with Gasteiger partial charge in [0.1, 0.15) is 5.82 Å². The lowest BCUT2D eigenvalue weighted by Crippen LogP contribution is -2.20. The number of nitrogens with zero attached hydrogens (tertiary/aromatic N) is 1. The van der Waals surface area contributed by atoms with Crippen LogP contribution in [0.1, 0.15) is 17.3 Å². The second-order valence-corrected chi connectivity index (χ2v) is 4.16.